The summed E-state index contributed by atoms with van der Waals surface area (Å²) in [5.74, 6) is 2.79. The minimum atomic E-state index is -1.09. The van der Waals surface area contributed by atoms with E-state index in [2.05, 4.69) is 137 Å². The lowest BCUT2D eigenvalue weighted by atomic mass is 9.71. The van der Waals surface area contributed by atoms with Gasteiger partial charge >= 0.3 is 0 Å². The van der Waals surface area contributed by atoms with Gasteiger partial charge in [0.15, 0.2) is 34.4 Å². The van der Waals surface area contributed by atoms with E-state index in [1.54, 1.807) is 67.5 Å². The molecule has 3 unspecified atom stereocenters. The quantitative estimate of drug-likeness (QED) is 0.0693. The van der Waals surface area contributed by atoms with Gasteiger partial charge in [0.2, 0.25) is 17.8 Å². The van der Waals surface area contributed by atoms with Crippen molar-refractivity contribution in [2.45, 2.75) is 153 Å². The summed E-state index contributed by atoms with van der Waals surface area (Å²) in [6.45, 7) is 17.5. The van der Waals surface area contributed by atoms with Crippen LogP contribution in [-0.4, -0.2) is 203 Å². The predicted octanol–water partition coefficient (Wildman–Crippen LogP) is 11.7. The van der Waals surface area contributed by atoms with Crippen molar-refractivity contribution in [2.75, 3.05) is 124 Å². The van der Waals surface area contributed by atoms with Gasteiger partial charge in [0.1, 0.15) is 33.0 Å². The fraction of sp³-hybridized carbons (Fsp3) is 0.429. The third-order valence-electron chi connectivity index (χ3n) is 25.6. The molecule has 630 valence electrons. The Kier molecular flexibility index (Phi) is 23.2. The monoisotopic (exact) mass is 1630 g/mol. The van der Waals surface area contributed by atoms with E-state index >= 15 is 0 Å². The van der Waals surface area contributed by atoms with Crippen molar-refractivity contribution in [1.82, 2.24) is 87.6 Å². The van der Waals surface area contributed by atoms with Crippen LogP contribution in [0.5, 0.6) is 0 Å². The number of fused-ring (bicyclic) bond motifs is 18. The average Bonchev–Trinajstić information content (AvgIpc) is 1.61. The van der Waals surface area contributed by atoms with Gasteiger partial charge < -0.3 is 60.7 Å². The number of nitrogens with one attached hydrogen (secondary N) is 3. The van der Waals surface area contributed by atoms with Crippen LogP contribution < -0.4 is 47.3 Å². The van der Waals surface area contributed by atoms with Crippen molar-refractivity contribution < 1.29 is 15.3 Å². The Morgan fingerprint density at radius 1 is 0.380 bits per heavy atom. The number of anilines is 9. The highest BCUT2D eigenvalue weighted by Crippen LogP contribution is 2.43. The first-order chi connectivity index (χ1) is 58.5. The largest absolute Gasteiger partial charge is 0.384 e. The number of pyridine rings is 3. The van der Waals surface area contributed by atoms with Gasteiger partial charge in [-0.05, 0) is 254 Å². The van der Waals surface area contributed by atoms with Gasteiger partial charge in [-0.25, -0.2) is 58.0 Å². The Bertz CT molecular complexity index is 5950. The molecule has 3 atom stereocenters. The summed E-state index contributed by atoms with van der Waals surface area (Å²) in [5.41, 5.74) is 6.19. The number of nitrogens with zero attached hydrogens (tertiary/aromatic N) is 21. The molecule has 19 rings (SSSR count). The molecule has 30 heteroatoms. The zero-order chi connectivity index (χ0) is 83.7. The molecule has 7 aliphatic heterocycles. The van der Waals surface area contributed by atoms with E-state index in [1.165, 1.54) is 55.8 Å². The Balaban J connectivity index is 0.000000130. The maximum absolute atomic E-state index is 13.4. The highest BCUT2D eigenvalue weighted by atomic mass is 16.3. The number of aromatic nitrogens is 15. The third-order valence-corrected chi connectivity index (χ3v) is 25.6. The van der Waals surface area contributed by atoms with Gasteiger partial charge in [0.25, 0.3) is 16.7 Å². The van der Waals surface area contributed by atoms with Crippen LogP contribution in [0.4, 0.5) is 52.0 Å². The molecule has 0 amide bonds. The van der Waals surface area contributed by atoms with Crippen molar-refractivity contribution in [3.05, 3.63) is 218 Å². The summed E-state index contributed by atoms with van der Waals surface area (Å²) in [7, 11) is 8.70. The molecule has 6 bridgehead atoms. The number of aliphatic hydroxyl groups is 3. The Morgan fingerprint density at radius 3 is 1.16 bits per heavy atom. The van der Waals surface area contributed by atoms with Crippen LogP contribution in [-0.2, 0) is 36.4 Å². The number of allylic oxidation sites excluding steroid dienone is 4. The van der Waals surface area contributed by atoms with Crippen LogP contribution in [0.2, 0.25) is 0 Å². The third kappa shape index (κ3) is 17.5. The van der Waals surface area contributed by atoms with Gasteiger partial charge in [0.05, 0.1) is 30.2 Å². The van der Waals surface area contributed by atoms with Gasteiger partial charge in [-0.2, -0.15) is 15.0 Å². The topological polar surface area (TPSA) is 313 Å². The van der Waals surface area contributed by atoms with Crippen molar-refractivity contribution in [1.29, 1.82) is 0 Å². The number of hydrogen-bond acceptors (Lipinski definition) is 24. The van der Waals surface area contributed by atoms with Crippen molar-refractivity contribution in [3.63, 3.8) is 0 Å². The van der Waals surface area contributed by atoms with Gasteiger partial charge in [0, 0.05) is 118 Å². The van der Waals surface area contributed by atoms with Crippen LogP contribution in [0.1, 0.15) is 128 Å². The molecule has 1 spiro atoms. The second-order valence-electron chi connectivity index (χ2n) is 34.5. The first-order valence-corrected chi connectivity index (χ1v) is 42.8. The molecule has 9 aromatic heterocycles. The molecule has 0 aliphatic carbocycles. The van der Waals surface area contributed by atoms with E-state index in [0.29, 0.717) is 149 Å². The minimum Gasteiger partial charge on any atom is -0.384 e. The second kappa shape index (κ2) is 34.4. The first-order valence-electron chi connectivity index (χ1n) is 42.8. The fourth-order valence-corrected chi connectivity index (χ4v) is 17.8. The van der Waals surface area contributed by atoms with Gasteiger partial charge in [-0.3, -0.25) is 14.4 Å². The molecule has 7 aliphatic rings. The lowest BCUT2D eigenvalue weighted by Gasteiger charge is -2.46. The summed E-state index contributed by atoms with van der Waals surface area (Å²) in [6, 6.07) is 42.2. The normalized spacial score (nSPS) is 21.6. The number of piperidine rings is 3. The SMILES string of the molecule is CN(C)C1CCN(c2ccc(Nc3ncc4c(=O)n5n(c4n3)-c3cccc(n3)C(C)(O)CC/C=C\C5)cc2)CC1.CN1CCC2(CC1)CCN(c1ccc(Nc3ncc4c(=O)n5n(c4n3)-c3cccc(n3)C(C)(O)CC/C=C\C5)cc1)CC2.CN1CCN(c2ccc(Nc3ncc4c(=O)n5n(c4n3)-c3cccc(n3)C(C)(O)CCCCC5)cc2)CC1. The molecule has 6 N–H and O–H groups in total. The molecule has 121 heavy (non-hydrogen) atoms. The van der Waals surface area contributed by atoms with E-state index in [9.17, 15) is 29.7 Å². The summed E-state index contributed by atoms with van der Waals surface area (Å²) in [5, 5.41) is 44.4. The number of likely N-dealkylation sites (tertiary alicyclic amines) is 1. The lowest BCUT2D eigenvalue weighted by Crippen LogP contribution is -2.46. The van der Waals surface area contributed by atoms with E-state index in [0.717, 1.165) is 102 Å². The van der Waals surface area contributed by atoms with E-state index in [-0.39, 0.29) is 16.7 Å². The predicted molar refractivity (Wildman–Crippen MR) is 475 cm³/mol. The molecule has 0 radical (unpaired) electrons. The molecule has 16 heterocycles. The summed E-state index contributed by atoms with van der Waals surface area (Å²) in [4.78, 5) is 96.6. The fourth-order valence-electron chi connectivity index (χ4n) is 17.8. The number of hydrogen-bond donors (Lipinski definition) is 6. The molecule has 0 saturated carbocycles. The standard InChI is InChI=1S/C33H40N8O2.C30H36N8O2.C28H34N8O2/c1-32(43)13-4-3-5-18-40-30(42)26-23-34-31(37-29(26)41(40)28-8-6-7-27(32)36-28)35-24-9-11-25(12-10-24)39-21-16-33(17-22-39)14-19-38(2)20-15-33;1-30(40)16-5-4-6-17-37-28(39)24-20-31-29(34-27(24)38(37)26-9-7-8-25(30)33-26)32-21-10-12-23(13-11-21)36-18-14-22(15-19-36)35(2)3;1-28(38)13-4-3-5-14-35-26(37)22-19-29-27(32-25(22)36(35)24-8-6-7-23(28)31-24)30-20-9-11-21(12-10-20)34-17-15-33(2)16-18-34/h3,5-12,23,43H,4,13-22H2,1-2H3,(H,34,35,37);4,6-13,20,22,40H,5,14-19H2,1-3H3,(H,31,32,34);6-12,19,38H,3-5,13-18H2,1-2H3,(H,29,30,32)/b5-3-;6-4-;. The molecule has 3 aromatic carbocycles. The summed E-state index contributed by atoms with van der Waals surface area (Å²) in [6.07, 6.45) is 25.7. The van der Waals surface area contributed by atoms with Crippen LogP contribution in [0.15, 0.2) is 185 Å². The van der Waals surface area contributed by atoms with Crippen LogP contribution in [0.3, 0.4) is 0 Å². The van der Waals surface area contributed by atoms with Crippen LogP contribution in [0, 0.1) is 5.41 Å². The molecule has 30 nitrogen and oxygen atoms in total. The van der Waals surface area contributed by atoms with Crippen LogP contribution in [0.25, 0.3) is 50.6 Å². The summed E-state index contributed by atoms with van der Waals surface area (Å²) >= 11 is 0. The first kappa shape index (κ1) is 81.6. The van der Waals surface area contributed by atoms with Crippen molar-refractivity contribution >= 4 is 85.1 Å². The second-order valence-corrected chi connectivity index (χ2v) is 34.5. The number of piperazine rings is 1. The smallest absolute Gasteiger partial charge is 0.278 e. The van der Waals surface area contributed by atoms with Gasteiger partial charge in [-0.1, -0.05) is 55.3 Å². The maximum atomic E-state index is 13.4. The van der Waals surface area contributed by atoms with Gasteiger partial charge in [-0.15, -0.1) is 0 Å². The molecule has 4 fully saturated rings. The Hall–Kier alpha value is -11.8. The van der Waals surface area contributed by atoms with Crippen molar-refractivity contribution in [3.8, 4) is 17.5 Å². The minimum absolute atomic E-state index is 0.138. The zero-order valence-corrected chi connectivity index (χ0v) is 70.3. The lowest BCUT2D eigenvalue weighted by molar-refractivity contribution is 0.0404. The number of likely N-dealkylation sites (N-methyl/N-ethyl adjacent to an activating group) is 1. The summed E-state index contributed by atoms with van der Waals surface area (Å²) < 4.78 is 10.2. The molecule has 12 aromatic rings. The zero-order valence-electron chi connectivity index (χ0n) is 70.3. The average molecular weight is 1640 g/mol. The highest BCUT2D eigenvalue weighted by molar-refractivity contribution is 5.80. The van der Waals surface area contributed by atoms with E-state index in [1.807, 2.05) is 103 Å². The maximum Gasteiger partial charge on any atom is 0.278 e. The van der Waals surface area contributed by atoms with Crippen molar-refractivity contribution in [2.24, 2.45) is 5.41 Å². The van der Waals surface area contributed by atoms with E-state index < -0.39 is 16.8 Å². The molecular weight excluding hydrogens is 1530 g/mol. The van der Waals surface area contributed by atoms with Crippen LogP contribution >= 0.6 is 0 Å². The molecular formula is C91H110N24O6. The Morgan fingerprint density at radius 2 is 0.744 bits per heavy atom. The van der Waals surface area contributed by atoms with E-state index in [4.69, 9.17) is 29.9 Å². The number of rotatable bonds is 10. The highest BCUT2D eigenvalue weighted by Gasteiger charge is 2.38. The number of benzene rings is 3. The Labute approximate surface area is 703 Å². The molecule has 4 saturated heterocycles.